The molecule has 0 radical (unpaired) electrons. The monoisotopic (exact) mass is 460 g/mol. The number of nitriles is 1. The number of primary amides is 1. The molecule has 0 aromatic heterocycles. The highest BCUT2D eigenvalue weighted by Crippen LogP contribution is 2.60. The minimum Gasteiger partial charge on any atom is -0.435 e. The maximum atomic E-state index is 12.3. The molecule has 0 heterocycles. The number of rotatable bonds is 9. The van der Waals surface area contributed by atoms with Gasteiger partial charge in [-0.15, -0.1) is 0 Å². The third-order valence-electron chi connectivity index (χ3n) is 7.70. The van der Waals surface area contributed by atoms with Crippen molar-refractivity contribution in [2.75, 3.05) is 0 Å². The standard InChI is InChI=1S/C24H30F2N4O3/c1-23(6-7-27,32-13-14-2-4-18(5-3-14)33-22(25)26)20(28)30-19-16-8-15-9-17(19)12-24(10-15,11-16)21(29)31/h2-5,15-17,19,22H,6,8-13H2,1H3,(H2,28,30)(H2,29,31). The van der Waals surface area contributed by atoms with Gasteiger partial charge in [0.15, 0.2) is 0 Å². The maximum absolute atomic E-state index is 12.3. The number of alkyl halides is 2. The van der Waals surface area contributed by atoms with E-state index in [1.54, 1.807) is 19.1 Å². The van der Waals surface area contributed by atoms with Gasteiger partial charge in [-0.1, -0.05) is 12.1 Å². The normalized spacial score (nSPS) is 32.4. The first-order valence-corrected chi connectivity index (χ1v) is 11.3. The number of halogens is 2. The van der Waals surface area contributed by atoms with Gasteiger partial charge in [-0.25, -0.2) is 0 Å². The van der Waals surface area contributed by atoms with Crippen LogP contribution in [0.25, 0.3) is 0 Å². The number of hydrogen-bond acceptors (Lipinski definition) is 5. The van der Waals surface area contributed by atoms with Crippen molar-refractivity contribution in [3.63, 3.8) is 0 Å². The van der Waals surface area contributed by atoms with E-state index >= 15 is 0 Å². The number of hydrogen-bond donors (Lipinski definition) is 2. The first kappa shape index (κ1) is 23.4. The van der Waals surface area contributed by atoms with Crippen molar-refractivity contribution in [3.05, 3.63) is 29.8 Å². The zero-order valence-corrected chi connectivity index (χ0v) is 18.7. The predicted octanol–water partition coefficient (Wildman–Crippen LogP) is 3.51. The number of aliphatic imine (C=N–C) groups is 1. The summed E-state index contributed by atoms with van der Waals surface area (Å²) >= 11 is 0. The molecule has 0 spiro atoms. The molecule has 5 rings (SSSR count). The lowest BCUT2D eigenvalue weighted by atomic mass is 9.48. The van der Waals surface area contributed by atoms with E-state index < -0.39 is 17.6 Å². The van der Waals surface area contributed by atoms with Crippen LogP contribution >= 0.6 is 0 Å². The summed E-state index contributed by atoms with van der Waals surface area (Å²) in [6.45, 7) is -1.01. The van der Waals surface area contributed by atoms with Crippen LogP contribution in [0.15, 0.2) is 29.3 Å². The number of amides is 1. The molecule has 4 fully saturated rings. The smallest absolute Gasteiger partial charge is 0.387 e. The number of ether oxygens (including phenoxy) is 2. The average Bonchev–Trinajstić information content (AvgIpc) is 2.75. The van der Waals surface area contributed by atoms with Gasteiger partial charge in [0.2, 0.25) is 5.91 Å². The number of benzene rings is 1. The van der Waals surface area contributed by atoms with Crippen LogP contribution in [0.3, 0.4) is 0 Å². The van der Waals surface area contributed by atoms with Crippen LogP contribution < -0.4 is 16.2 Å². The van der Waals surface area contributed by atoms with Crippen molar-refractivity contribution < 1.29 is 23.0 Å². The van der Waals surface area contributed by atoms with Crippen molar-refractivity contribution in [3.8, 4) is 11.8 Å². The Morgan fingerprint density at radius 2 is 1.88 bits per heavy atom. The third kappa shape index (κ3) is 4.67. The third-order valence-corrected chi connectivity index (χ3v) is 7.70. The van der Waals surface area contributed by atoms with Crippen LogP contribution in [0.4, 0.5) is 8.78 Å². The molecule has 33 heavy (non-hydrogen) atoms. The number of nitrogens with zero attached hydrogens (tertiary/aromatic N) is 2. The Balaban J connectivity index is 1.47. The zero-order valence-electron chi connectivity index (χ0n) is 18.7. The highest BCUT2D eigenvalue weighted by Gasteiger charge is 2.58. The number of carbonyl (C=O) groups is 1. The molecule has 1 aromatic carbocycles. The molecule has 3 atom stereocenters. The molecule has 7 nitrogen and oxygen atoms in total. The highest BCUT2D eigenvalue weighted by molar-refractivity contribution is 5.89. The van der Waals surface area contributed by atoms with Crippen molar-refractivity contribution >= 4 is 11.7 Å². The minimum atomic E-state index is -2.88. The molecular weight excluding hydrogens is 430 g/mol. The Kier molecular flexibility index (Phi) is 6.32. The summed E-state index contributed by atoms with van der Waals surface area (Å²) in [6, 6.07) is 8.25. The van der Waals surface area contributed by atoms with Gasteiger partial charge >= 0.3 is 6.61 Å². The predicted molar refractivity (Wildman–Crippen MR) is 117 cm³/mol. The Morgan fingerprint density at radius 1 is 1.24 bits per heavy atom. The molecule has 4 aliphatic rings. The summed E-state index contributed by atoms with van der Waals surface area (Å²) < 4.78 is 35.1. The second kappa shape index (κ2) is 8.90. The van der Waals surface area contributed by atoms with Crippen LogP contribution in [0, 0.1) is 34.5 Å². The van der Waals surface area contributed by atoms with Crippen LogP contribution in [-0.4, -0.2) is 30.0 Å². The van der Waals surface area contributed by atoms with Gasteiger partial charge in [-0.05, 0) is 74.5 Å². The Hall–Kier alpha value is -2.73. The number of amidine groups is 1. The number of carbonyl (C=O) groups excluding carboxylic acids is 1. The van der Waals surface area contributed by atoms with E-state index in [1.165, 1.54) is 12.1 Å². The molecule has 1 amide bonds. The minimum absolute atomic E-state index is 0.00132. The lowest BCUT2D eigenvalue weighted by Crippen LogP contribution is -2.58. The molecule has 0 saturated heterocycles. The molecule has 4 saturated carbocycles. The van der Waals surface area contributed by atoms with Crippen LogP contribution in [0.5, 0.6) is 5.75 Å². The largest absolute Gasteiger partial charge is 0.435 e. The van der Waals surface area contributed by atoms with E-state index in [0.29, 0.717) is 5.92 Å². The second-order valence-corrected chi connectivity index (χ2v) is 10.00. The first-order chi connectivity index (χ1) is 15.6. The lowest BCUT2D eigenvalue weighted by molar-refractivity contribution is -0.144. The molecule has 9 heteroatoms. The Morgan fingerprint density at radius 3 is 2.42 bits per heavy atom. The summed E-state index contributed by atoms with van der Waals surface area (Å²) in [5.41, 5.74) is 11.4. The summed E-state index contributed by atoms with van der Waals surface area (Å²) in [5.74, 6) is 1.17. The fourth-order valence-electron chi connectivity index (χ4n) is 6.18. The molecule has 1 aromatic rings. The summed E-state index contributed by atoms with van der Waals surface area (Å²) in [7, 11) is 0. The molecule has 4 N–H and O–H groups in total. The van der Waals surface area contributed by atoms with Crippen molar-refractivity contribution in [1.82, 2.24) is 0 Å². The van der Waals surface area contributed by atoms with E-state index in [4.69, 9.17) is 21.2 Å². The van der Waals surface area contributed by atoms with E-state index in [2.05, 4.69) is 10.8 Å². The number of nitrogens with two attached hydrogens (primary N) is 2. The van der Waals surface area contributed by atoms with E-state index in [-0.39, 0.29) is 48.4 Å². The topological polar surface area (TPSA) is 124 Å². The lowest BCUT2D eigenvalue weighted by Gasteiger charge is -2.57. The molecule has 4 aliphatic carbocycles. The van der Waals surface area contributed by atoms with Crippen LogP contribution in [0.2, 0.25) is 0 Å². The summed E-state index contributed by atoms with van der Waals surface area (Å²) in [6.07, 6.45) is 4.45. The SMILES string of the molecule is CC(CC#N)(OCc1ccc(OC(F)F)cc1)C(N)=NC1C2CC3CC1CC(C(N)=O)(C3)C2. The summed E-state index contributed by atoms with van der Waals surface area (Å²) in [5, 5.41) is 9.39. The van der Waals surface area contributed by atoms with E-state index in [1.807, 2.05) is 0 Å². The van der Waals surface area contributed by atoms with Crippen molar-refractivity contribution in [1.29, 1.82) is 5.26 Å². The molecule has 178 valence electrons. The van der Waals surface area contributed by atoms with Crippen LogP contribution in [-0.2, 0) is 16.1 Å². The van der Waals surface area contributed by atoms with E-state index in [0.717, 1.165) is 37.7 Å². The second-order valence-electron chi connectivity index (χ2n) is 10.00. The van der Waals surface area contributed by atoms with Gasteiger partial charge in [-0.2, -0.15) is 14.0 Å². The molecule has 3 unspecified atom stereocenters. The van der Waals surface area contributed by atoms with Gasteiger partial charge in [0.05, 0.1) is 25.1 Å². The van der Waals surface area contributed by atoms with Gasteiger partial charge < -0.3 is 20.9 Å². The molecule has 4 bridgehead atoms. The van der Waals surface area contributed by atoms with E-state index in [9.17, 15) is 18.8 Å². The van der Waals surface area contributed by atoms with Gasteiger partial charge in [0, 0.05) is 5.41 Å². The van der Waals surface area contributed by atoms with Crippen molar-refractivity contribution in [2.45, 2.75) is 70.3 Å². The maximum Gasteiger partial charge on any atom is 0.387 e. The first-order valence-electron chi connectivity index (χ1n) is 11.3. The summed E-state index contributed by atoms with van der Waals surface area (Å²) in [4.78, 5) is 17.1. The van der Waals surface area contributed by atoms with Gasteiger partial charge in [0.1, 0.15) is 17.2 Å². The molecular formula is C24H30F2N4O3. The van der Waals surface area contributed by atoms with Gasteiger partial charge in [-0.3, -0.25) is 9.79 Å². The van der Waals surface area contributed by atoms with Crippen molar-refractivity contribution in [2.24, 2.45) is 39.6 Å². The van der Waals surface area contributed by atoms with Crippen LogP contribution in [0.1, 0.15) is 51.0 Å². The Bertz CT molecular complexity index is 945. The quantitative estimate of drug-likeness (QED) is 0.431. The fourth-order valence-corrected chi connectivity index (χ4v) is 6.18. The molecule has 0 aliphatic heterocycles. The zero-order chi connectivity index (χ0) is 23.8. The Labute approximate surface area is 192 Å². The average molecular weight is 461 g/mol. The fraction of sp³-hybridized carbons (Fsp3) is 0.625. The van der Waals surface area contributed by atoms with Gasteiger partial charge in [0.25, 0.3) is 0 Å². The highest BCUT2D eigenvalue weighted by atomic mass is 19.3.